The van der Waals surface area contributed by atoms with Crippen LogP contribution in [0, 0.1) is 0 Å². The molecule has 0 radical (unpaired) electrons. The Hall–Kier alpha value is -2.34. The number of carbonyl (C=O) groups is 1. The first-order chi connectivity index (χ1) is 9.13. The molecule has 2 rings (SSSR count). The van der Waals surface area contributed by atoms with E-state index in [1.165, 1.54) is 12.3 Å². The van der Waals surface area contributed by atoms with Crippen LogP contribution in [0.15, 0.2) is 36.5 Å². The summed E-state index contributed by atoms with van der Waals surface area (Å²) < 4.78 is 5.27. The standard InChI is InChI=1S/C12H11ClN4O2/c13-10-4-5-15-12(16-10)17-11(18)7-19-9-3-1-2-8(14)6-9/h1-6H,7,14H2,(H,15,16,17,18). The monoisotopic (exact) mass is 278 g/mol. The van der Waals surface area contributed by atoms with Crippen molar-refractivity contribution >= 4 is 29.1 Å². The van der Waals surface area contributed by atoms with Crippen LogP contribution in [-0.2, 0) is 4.79 Å². The summed E-state index contributed by atoms with van der Waals surface area (Å²) in [5.41, 5.74) is 6.16. The molecule has 0 atom stereocenters. The van der Waals surface area contributed by atoms with Crippen molar-refractivity contribution in [2.45, 2.75) is 0 Å². The zero-order valence-corrected chi connectivity index (χ0v) is 10.6. The molecule has 0 saturated carbocycles. The first-order valence-electron chi connectivity index (χ1n) is 5.40. The van der Waals surface area contributed by atoms with Gasteiger partial charge in [0, 0.05) is 18.0 Å². The molecule has 98 valence electrons. The minimum atomic E-state index is -0.385. The van der Waals surface area contributed by atoms with Gasteiger partial charge < -0.3 is 10.5 Å². The third kappa shape index (κ3) is 4.11. The molecule has 1 aromatic carbocycles. The lowest BCUT2D eigenvalue weighted by molar-refractivity contribution is -0.118. The van der Waals surface area contributed by atoms with Crippen LogP contribution < -0.4 is 15.8 Å². The molecule has 0 spiro atoms. The third-order valence-electron chi connectivity index (χ3n) is 2.10. The molecule has 0 saturated heterocycles. The average Bonchev–Trinajstić information content (AvgIpc) is 2.36. The second-order valence-corrected chi connectivity index (χ2v) is 4.00. The first-order valence-corrected chi connectivity index (χ1v) is 5.78. The maximum Gasteiger partial charge on any atom is 0.264 e. The van der Waals surface area contributed by atoms with E-state index in [1.807, 2.05) is 0 Å². The number of hydrogen-bond acceptors (Lipinski definition) is 5. The van der Waals surface area contributed by atoms with E-state index in [9.17, 15) is 4.79 Å². The summed E-state index contributed by atoms with van der Waals surface area (Å²) in [5.74, 6) is 0.264. The maximum absolute atomic E-state index is 11.6. The zero-order chi connectivity index (χ0) is 13.7. The Bertz CT molecular complexity index is 591. The number of nitrogens with zero attached hydrogens (tertiary/aromatic N) is 2. The van der Waals surface area contributed by atoms with Gasteiger partial charge in [0.1, 0.15) is 10.9 Å². The summed E-state index contributed by atoms with van der Waals surface area (Å²) in [7, 11) is 0. The second-order valence-electron chi connectivity index (χ2n) is 3.61. The largest absolute Gasteiger partial charge is 0.484 e. The Balaban J connectivity index is 1.88. The highest BCUT2D eigenvalue weighted by Gasteiger charge is 2.06. The molecule has 7 heteroatoms. The lowest BCUT2D eigenvalue weighted by Crippen LogP contribution is -2.21. The molecule has 3 N–H and O–H groups in total. The van der Waals surface area contributed by atoms with Gasteiger partial charge in [-0.05, 0) is 18.2 Å². The fraction of sp³-hybridized carbons (Fsp3) is 0.0833. The van der Waals surface area contributed by atoms with Crippen LogP contribution in [0.2, 0.25) is 5.15 Å². The van der Waals surface area contributed by atoms with E-state index < -0.39 is 0 Å². The number of nitrogens with two attached hydrogens (primary N) is 1. The zero-order valence-electron chi connectivity index (χ0n) is 9.84. The smallest absolute Gasteiger partial charge is 0.264 e. The number of rotatable bonds is 4. The first kappa shape index (κ1) is 13.1. The number of benzene rings is 1. The van der Waals surface area contributed by atoms with Crippen molar-refractivity contribution in [1.29, 1.82) is 0 Å². The molecular formula is C12H11ClN4O2. The predicted molar refractivity (Wildman–Crippen MR) is 72.0 cm³/mol. The molecular weight excluding hydrogens is 268 g/mol. The Morgan fingerprint density at radius 1 is 1.42 bits per heavy atom. The quantitative estimate of drug-likeness (QED) is 0.656. The lowest BCUT2D eigenvalue weighted by atomic mass is 10.3. The minimum Gasteiger partial charge on any atom is -0.484 e. The van der Waals surface area contributed by atoms with Crippen LogP contribution in [-0.4, -0.2) is 22.5 Å². The highest BCUT2D eigenvalue weighted by atomic mass is 35.5. The van der Waals surface area contributed by atoms with E-state index in [1.54, 1.807) is 24.3 Å². The number of nitrogen functional groups attached to an aromatic ring is 1. The van der Waals surface area contributed by atoms with Crippen molar-refractivity contribution < 1.29 is 9.53 Å². The number of amides is 1. The number of aromatic nitrogens is 2. The predicted octanol–water partition coefficient (Wildman–Crippen LogP) is 1.73. The van der Waals surface area contributed by atoms with E-state index in [0.717, 1.165) is 0 Å². The molecule has 1 amide bonds. The van der Waals surface area contributed by atoms with E-state index >= 15 is 0 Å². The van der Waals surface area contributed by atoms with Crippen LogP contribution in [0.25, 0.3) is 0 Å². The topological polar surface area (TPSA) is 90.1 Å². The molecule has 0 bridgehead atoms. The van der Waals surface area contributed by atoms with Crippen LogP contribution in [0.3, 0.4) is 0 Å². The van der Waals surface area contributed by atoms with Crippen molar-refractivity contribution in [3.63, 3.8) is 0 Å². The van der Waals surface area contributed by atoms with E-state index in [0.29, 0.717) is 11.4 Å². The van der Waals surface area contributed by atoms with Gasteiger partial charge in [0.15, 0.2) is 6.61 Å². The Labute approximate surface area is 114 Å². The summed E-state index contributed by atoms with van der Waals surface area (Å²) in [4.78, 5) is 19.3. The van der Waals surface area contributed by atoms with Gasteiger partial charge in [-0.2, -0.15) is 0 Å². The Kier molecular flexibility index (Phi) is 4.15. The van der Waals surface area contributed by atoms with Gasteiger partial charge in [-0.1, -0.05) is 17.7 Å². The minimum absolute atomic E-state index is 0.133. The van der Waals surface area contributed by atoms with Crippen molar-refractivity contribution in [2.24, 2.45) is 0 Å². The van der Waals surface area contributed by atoms with E-state index in [4.69, 9.17) is 22.1 Å². The van der Waals surface area contributed by atoms with Gasteiger partial charge >= 0.3 is 0 Å². The number of nitrogens with one attached hydrogen (secondary N) is 1. The Morgan fingerprint density at radius 2 is 2.26 bits per heavy atom. The van der Waals surface area contributed by atoms with Crippen molar-refractivity contribution in [1.82, 2.24) is 9.97 Å². The molecule has 0 unspecified atom stereocenters. The van der Waals surface area contributed by atoms with Gasteiger partial charge in [-0.3, -0.25) is 10.1 Å². The molecule has 19 heavy (non-hydrogen) atoms. The molecule has 0 aliphatic carbocycles. The molecule has 0 fully saturated rings. The summed E-state index contributed by atoms with van der Waals surface area (Å²) in [6, 6.07) is 8.32. The molecule has 6 nitrogen and oxygen atoms in total. The van der Waals surface area contributed by atoms with Gasteiger partial charge in [-0.15, -0.1) is 0 Å². The molecule has 2 aromatic rings. The fourth-order valence-electron chi connectivity index (χ4n) is 1.31. The summed E-state index contributed by atoms with van der Waals surface area (Å²) in [6.07, 6.45) is 1.45. The molecule has 0 aliphatic heterocycles. The number of ether oxygens (including phenoxy) is 1. The van der Waals surface area contributed by atoms with Crippen molar-refractivity contribution in [3.05, 3.63) is 41.7 Å². The summed E-state index contributed by atoms with van der Waals surface area (Å²) >= 11 is 5.67. The number of anilines is 2. The summed E-state index contributed by atoms with van der Waals surface area (Å²) in [5, 5.41) is 2.72. The van der Waals surface area contributed by atoms with Crippen molar-refractivity contribution in [3.8, 4) is 5.75 Å². The number of hydrogen-bond donors (Lipinski definition) is 2. The lowest BCUT2D eigenvalue weighted by Gasteiger charge is -2.06. The summed E-state index contributed by atoms with van der Waals surface area (Å²) in [6.45, 7) is -0.167. The second kappa shape index (κ2) is 6.01. The van der Waals surface area contributed by atoms with Gasteiger partial charge in [0.05, 0.1) is 0 Å². The molecule has 0 aliphatic rings. The van der Waals surface area contributed by atoms with E-state index in [2.05, 4.69) is 15.3 Å². The third-order valence-corrected chi connectivity index (χ3v) is 2.31. The highest BCUT2D eigenvalue weighted by Crippen LogP contribution is 2.14. The van der Waals surface area contributed by atoms with Gasteiger partial charge in [0.2, 0.25) is 5.95 Å². The van der Waals surface area contributed by atoms with Gasteiger partial charge in [0.25, 0.3) is 5.91 Å². The highest BCUT2D eigenvalue weighted by molar-refractivity contribution is 6.29. The van der Waals surface area contributed by atoms with Crippen LogP contribution in [0.5, 0.6) is 5.75 Å². The SMILES string of the molecule is Nc1cccc(OCC(=O)Nc2nccc(Cl)n2)c1. The number of halogens is 1. The molecule has 1 aromatic heterocycles. The van der Waals surface area contributed by atoms with Crippen molar-refractivity contribution in [2.75, 3.05) is 17.7 Å². The number of carbonyl (C=O) groups excluding carboxylic acids is 1. The molecule has 1 heterocycles. The normalized spacial score (nSPS) is 9.95. The maximum atomic E-state index is 11.6. The van der Waals surface area contributed by atoms with Crippen LogP contribution in [0.1, 0.15) is 0 Å². The average molecular weight is 279 g/mol. The van der Waals surface area contributed by atoms with Crippen LogP contribution in [0.4, 0.5) is 11.6 Å². The fourth-order valence-corrected chi connectivity index (χ4v) is 1.45. The van der Waals surface area contributed by atoms with Crippen LogP contribution >= 0.6 is 11.6 Å². The van der Waals surface area contributed by atoms with Gasteiger partial charge in [-0.25, -0.2) is 9.97 Å². The Morgan fingerprint density at radius 3 is 3.00 bits per heavy atom. The van der Waals surface area contributed by atoms with E-state index in [-0.39, 0.29) is 23.6 Å².